The lowest BCUT2D eigenvalue weighted by Gasteiger charge is -2.63. The number of piperidine rings is 1. The molecule has 0 bridgehead atoms. The molecule has 2 aliphatic carbocycles. The van der Waals surface area contributed by atoms with Crippen molar-refractivity contribution in [3.8, 4) is 0 Å². The van der Waals surface area contributed by atoms with Crippen molar-refractivity contribution in [2.24, 2.45) is 17.8 Å². The molecule has 0 aromatic carbocycles. The van der Waals surface area contributed by atoms with Gasteiger partial charge in [-0.05, 0) is 51.9 Å². The summed E-state index contributed by atoms with van der Waals surface area (Å²) in [7, 11) is 0. The van der Waals surface area contributed by atoms with E-state index < -0.39 is 5.60 Å². The van der Waals surface area contributed by atoms with Crippen molar-refractivity contribution in [3.63, 3.8) is 0 Å². The molecule has 1 saturated heterocycles. The summed E-state index contributed by atoms with van der Waals surface area (Å²) < 4.78 is 5.72. The second kappa shape index (κ2) is 4.97. The Balaban J connectivity index is 1.97. The predicted octanol–water partition coefficient (Wildman–Crippen LogP) is 3.78. The van der Waals surface area contributed by atoms with Gasteiger partial charge in [-0.2, -0.15) is 0 Å². The Labute approximate surface area is 133 Å². The first-order chi connectivity index (χ1) is 10.2. The highest BCUT2D eigenvalue weighted by Crippen LogP contribution is 2.61. The number of ketones is 1. The van der Waals surface area contributed by atoms with Gasteiger partial charge >= 0.3 is 6.09 Å². The van der Waals surface area contributed by atoms with Crippen molar-refractivity contribution in [1.82, 2.24) is 4.90 Å². The number of Topliss-reactive ketones (excluding diaryl/α,β-unsaturated/α-hetero) is 1. The molecule has 0 radical (unpaired) electrons. The first-order valence-electron chi connectivity index (χ1n) is 8.72. The van der Waals surface area contributed by atoms with Gasteiger partial charge in [-0.1, -0.05) is 20.3 Å². The van der Waals surface area contributed by atoms with E-state index in [0.29, 0.717) is 18.1 Å². The highest BCUT2D eigenvalue weighted by atomic mass is 16.6. The number of carbonyl (C=O) groups is 2. The zero-order valence-electron chi connectivity index (χ0n) is 14.5. The molecule has 3 fully saturated rings. The van der Waals surface area contributed by atoms with Gasteiger partial charge in [0, 0.05) is 18.4 Å². The molecule has 3 aliphatic rings. The second-order valence-corrected chi connectivity index (χ2v) is 8.70. The maximum atomic E-state index is 13.0. The topological polar surface area (TPSA) is 46.6 Å². The maximum absolute atomic E-state index is 13.0. The minimum absolute atomic E-state index is 0.0144. The number of hydrogen-bond acceptors (Lipinski definition) is 3. The van der Waals surface area contributed by atoms with Crippen LogP contribution in [0.15, 0.2) is 0 Å². The molecule has 2 saturated carbocycles. The standard InChI is InChI=1S/C18H29NO3/c1-11(2)14-10-15(20)13-9-12-7-6-8-18(12,13)19(14)16(21)22-17(3,4)5/h11-14H,6-10H2,1-5H3/t12-,13-,14+,18-/m0/s1. The summed E-state index contributed by atoms with van der Waals surface area (Å²) in [5, 5.41) is 0. The van der Waals surface area contributed by atoms with E-state index >= 15 is 0 Å². The number of nitrogens with zero attached hydrogens (tertiary/aromatic N) is 1. The summed E-state index contributed by atoms with van der Waals surface area (Å²) in [6, 6.07) is -0.0144. The van der Waals surface area contributed by atoms with Gasteiger partial charge in [0.1, 0.15) is 11.4 Å². The molecule has 4 heteroatoms. The molecule has 3 rings (SSSR count). The zero-order chi connectivity index (χ0) is 16.3. The molecular formula is C18H29NO3. The Kier molecular flexibility index (Phi) is 3.57. The molecule has 0 unspecified atom stereocenters. The van der Waals surface area contributed by atoms with Crippen LogP contribution in [0.5, 0.6) is 0 Å². The van der Waals surface area contributed by atoms with Crippen LogP contribution in [0, 0.1) is 17.8 Å². The normalized spacial score (nSPS) is 37.6. The third-order valence-corrected chi connectivity index (χ3v) is 5.90. The van der Waals surface area contributed by atoms with Crippen LogP contribution in [0.1, 0.15) is 66.7 Å². The average Bonchev–Trinajstić information content (AvgIpc) is 2.63. The van der Waals surface area contributed by atoms with E-state index in [4.69, 9.17) is 4.74 Å². The molecule has 124 valence electrons. The third-order valence-electron chi connectivity index (χ3n) is 5.90. The van der Waals surface area contributed by atoms with Crippen molar-refractivity contribution in [2.75, 3.05) is 0 Å². The van der Waals surface area contributed by atoms with E-state index in [1.165, 1.54) is 0 Å². The Bertz CT molecular complexity index is 493. The SMILES string of the molecule is CC(C)[C@H]1CC(=O)[C@@H]2C[C@@H]3CCC[C@]32N1C(=O)OC(C)(C)C. The number of rotatable bonds is 1. The fourth-order valence-electron chi connectivity index (χ4n) is 4.99. The lowest BCUT2D eigenvalue weighted by Crippen LogP contribution is -2.74. The highest BCUT2D eigenvalue weighted by Gasteiger charge is 2.68. The van der Waals surface area contributed by atoms with Crippen molar-refractivity contribution in [3.05, 3.63) is 0 Å². The Hall–Kier alpha value is -1.06. The number of carbonyl (C=O) groups excluding carboxylic acids is 2. The van der Waals surface area contributed by atoms with Crippen molar-refractivity contribution < 1.29 is 14.3 Å². The number of hydrogen-bond donors (Lipinski definition) is 0. The van der Waals surface area contributed by atoms with Gasteiger partial charge < -0.3 is 4.74 Å². The first kappa shape index (κ1) is 15.8. The van der Waals surface area contributed by atoms with Crippen LogP contribution in [0.25, 0.3) is 0 Å². The van der Waals surface area contributed by atoms with Crippen LogP contribution in [0.2, 0.25) is 0 Å². The van der Waals surface area contributed by atoms with E-state index in [2.05, 4.69) is 13.8 Å². The predicted molar refractivity (Wildman–Crippen MR) is 84.5 cm³/mol. The summed E-state index contributed by atoms with van der Waals surface area (Å²) in [6.07, 6.45) is 4.50. The van der Waals surface area contributed by atoms with Crippen LogP contribution in [-0.2, 0) is 9.53 Å². The smallest absolute Gasteiger partial charge is 0.411 e. The van der Waals surface area contributed by atoms with Crippen LogP contribution in [0.3, 0.4) is 0 Å². The quantitative estimate of drug-likeness (QED) is 0.740. The molecule has 4 atom stereocenters. The zero-order valence-corrected chi connectivity index (χ0v) is 14.5. The molecule has 1 spiro atoms. The van der Waals surface area contributed by atoms with Crippen LogP contribution < -0.4 is 0 Å². The maximum Gasteiger partial charge on any atom is 0.411 e. The molecular weight excluding hydrogens is 278 g/mol. The fourth-order valence-corrected chi connectivity index (χ4v) is 4.99. The largest absolute Gasteiger partial charge is 0.444 e. The first-order valence-corrected chi connectivity index (χ1v) is 8.72. The lowest BCUT2D eigenvalue weighted by atomic mass is 9.54. The summed E-state index contributed by atoms with van der Waals surface area (Å²) >= 11 is 0. The van der Waals surface area contributed by atoms with E-state index in [1.807, 2.05) is 25.7 Å². The minimum Gasteiger partial charge on any atom is -0.444 e. The van der Waals surface area contributed by atoms with Gasteiger partial charge in [0.2, 0.25) is 0 Å². The van der Waals surface area contributed by atoms with E-state index in [-0.39, 0.29) is 29.5 Å². The summed E-state index contributed by atoms with van der Waals surface area (Å²) in [5.74, 6) is 1.20. The summed E-state index contributed by atoms with van der Waals surface area (Å²) in [6.45, 7) is 9.94. The lowest BCUT2D eigenvalue weighted by molar-refractivity contribution is -0.165. The molecule has 0 N–H and O–H groups in total. The Morgan fingerprint density at radius 3 is 2.59 bits per heavy atom. The summed E-state index contributed by atoms with van der Waals surface area (Å²) in [5.41, 5.74) is -0.726. The third kappa shape index (κ3) is 2.17. The van der Waals surface area contributed by atoms with Gasteiger partial charge in [-0.3, -0.25) is 9.69 Å². The van der Waals surface area contributed by atoms with Gasteiger partial charge in [-0.25, -0.2) is 4.79 Å². The van der Waals surface area contributed by atoms with Crippen LogP contribution in [0.4, 0.5) is 4.79 Å². The van der Waals surface area contributed by atoms with Gasteiger partial charge in [0.25, 0.3) is 0 Å². The Morgan fingerprint density at radius 2 is 2.05 bits per heavy atom. The number of likely N-dealkylation sites (tertiary alicyclic amines) is 1. The average molecular weight is 307 g/mol. The summed E-state index contributed by atoms with van der Waals surface area (Å²) in [4.78, 5) is 27.5. The number of ether oxygens (including phenoxy) is 1. The Morgan fingerprint density at radius 1 is 1.36 bits per heavy atom. The van der Waals surface area contributed by atoms with Crippen LogP contribution in [-0.4, -0.2) is 34.0 Å². The fraction of sp³-hybridized carbons (Fsp3) is 0.889. The molecule has 1 amide bonds. The van der Waals surface area contributed by atoms with E-state index in [0.717, 1.165) is 25.7 Å². The van der Waals surface area contributed by atoms with Crippen molar-refractivity contribution in [2.45, 2.75) is 83.9 Å². The van der Waals surface area contributed by atoms with E-state index in [1.54, 1.807) is 0 Å². The minimum atomic E-state index is -0.496. The number of amides is 1. The second-order valence-electron chi connectivity index (χ2n) is 8.70. The highest BCUT2D eigenvalue weighted by molar-refractivity contribution is 5.88. The monoisotopic (exact) mass is 307 g/mol. The molecule has 22 heavy (non-hydrogen) atoms. The van der Waals surface area contributed by atoms with Gasteiger partial charge in [0.05, 0.1) is 5.54 Å². The van der Waals surface area contributed by atoms with Gasteiger partial charge in [0.15, 0.2) is 0 Å². The molecule has 0 aromatic heterocycles. The molecule has 1 aliphatic heterocycles. The van der Waals surface area contributed by atoms with Crippen molar-refractivity contribution >= 4 is 11.9 Å². The van der Waals surface area contributed by atoms with E-state index in [9.17, 15) is 9.59 Å². The van der Waals surface area contributed by atoms with Crippen LogP contribution >= 0.6 is 0 Å². The molecule has 1 heterocycles. The van der Waals surface area contributed by atoms with Gasteiger partial charge in [-0.15, -0.1) is 0 Å². The molecule has 0 aromatic rings. The van der Waals surface area contributed by atoms with Crippen molar-refractivity contribution in [1.29, 1.82) is 0 Å². The molecule has 4 nitrogen and oxygen atoms in total.